The Balaban J connectivity index is 1.20. The van der Waals surface area contributed by atoms with Gasteiger partial charge in [0.1, 0.15) is 5.82 Å². The highest BCUT2D eigenvalue weighted by atomic mass is 19.1. The summed E-state index contributed by atoms with van der Waals surface area (Å²) < 4.78 is 22.7. The second-order valence-corrected chi connectivity index (χ2v) is 8.57. The third-order valence-electron chi connectivity index (χ3n) is 6.65. The number of halogens is 1. The number of fused-ring (bicyclic) bond motifs is 3. The number of benzene rings is 2. The Morgan fingerprint density at radius 1 is 1.07 bits per heavy atom. The smallest absolute Gasteiger partial charge is 0.129 e. The predicted molar refractivity (Wildman–Crippen MR) is 113 cm³/mol. The van der Waals surface area contributed by atoms with E-state index in [0.717, 1.165) is 36.9 Å². The van der Waals surface area contributed by atoms with Crippen LogP contribution >= 0.6 is 0 Å². The summed E-state index contributed by atoms with van der Waals surface area (Å²) >= 11 is 0. The zero-order valence-electron chi connectivity index (χ0n) is 17.0. The van der Waals surface area contributed by atoms with E-state index >= 15 is 0 Å². The largest absolute Gasteiger partial charge is 0.391 e. The molecule has 2 aliphatic rings. The molecular weight excluding hydrogens is 379 g/mol. The van der Waals surface area contributed by atoms with E-state index in [-0.39, 0.29) is 11.9 Å². The van der Waals surface area contributed by atoms with E-state index in [1.54, 1.807) is 18.6 Å². The predicted octanol–water partition coefficient (Wildman–Crippen LogP) is 5.12. The molecule has 30 heavy (non-hydrogen) atoms. The molecule has 4 nitrogen and oxygen atoms in total. The van der Waals surface area contributed by atoms with Crippen molar-refractivity contribution in [3.63, 3.8) is 0 Å². The highest BCUT2D eigenvalue weighted by molar-refractivity contribution is 5.69. The van der Waals surface area contributed by atoms with E-state index in [1.807, 2.05) is 28.8 Å². The molecule has 0 radical (unpaired) electrons. The molecule has 0 spiro atoms. The van der Waals surface area contributed by atoms with Crippen LogP contribution in [-0.4, -0.2) is 26.9 Å². The molecule has 2 aromatic carbocycles. The monoisotopic (exact) mass is 406 g/mol. The zero-order valence-corrected chi connectivity index (χ0v) is 17.0. The molecule has 0 amide bonds. The quantitative estimate of drug-likeness (QED) is 0.618. The molecule has 5 rings (SSSR count). The molecule has 156 valence electrons. The van der Waals surface area contributed by atoms with Gasteiger partial charge in [0.25, 0.3) is 0 Å². The lowest BCUT2D eigenvalue weighted by Gasteiger charge is -2.31. The van der Waals surface area contributed by atoms with E-state index < -0.39 is 12.1 Å². The average molecular weight is 407 g/mol. The Hall–Kier alpha value is -2.50. The first-order valence-corrected chi connectivity index (χ1v) is 10.8. The van der Waals surface area contributed by atoms with Gasteiger partial charge in [0, 0.05) is 11.1 Å². The maximum Gasteiger partial charge on any atom is 0.129 e. The van der Waals surface area contributed by atoms with Crippen molar-refractivity contribution in [2.75, 3.05) is 0 Å². The van der Waals surface area contributed by atoms with Crippen molar-refractivity contribution >= 4 is 0 Å². The van der Waals surface area contributed by atoms with E-state index in [1.165, 1.54) is 11.6 Å². The van der Waals surface area contributed by atoms with Crippen molar-refractivity contribution in [2.24, 2.45) is 5.92 Å². The van der Waals surface area contributed by atoms with Gasteiger partial charge in [-0.1, -0.05) is 42.5 Å². The van der Waals surface area contributed by atoms with E-state index in [2.05, 4.69) is 17.1 Å². The molecule has 5 heteroatoms. The molecule has 1 aliphatic carbocycles. The number of imidazole rings is 1. The number of rotatable bonds is 6. The number of nitrogens with zero attached hydrogens (tertiary/aromatic N) is 2. The van der Waals surface area contributed by atoms with Gasteiger partial charge in [0.05, 0.1) is 43.1 Å². The van der Waals surface area contributed by atoms with Crippen LogP contribution in [0.3, 0.4) is 0 Å². The van der Waals surface area contributed by atoms with Crippen molar-refractivity contribution < 1.29 is 14.2 Å². The van der Waals surface area contributed by atoms with Crippen LogP contribution in [0.15, 0.2) is 61.1 Å². The van der Waals surface area contributed by atoms with Crippen LogP contribution in [-0.2, 0) is 11.3 Å². The van der Waals surface area contributed by atoms with Gasteiger partial charge in [0.15, 0.2) is 0 Å². The molecule has 0 bridgehead atoms. The van der Waals surface area contributed by atoms with Gasteiger partial charge in [-0.05, 0) is 49.7 Å². The number of aliphatic hydroxyl groups is 1. The summed E-state index contributed by atoms with van der Waals surface area (Å²) in [6.45, 7) is 0.653. The van der Waals surface area contributed by atoms with Crippen LogP contribution < -0.4 is 0 Å². The van der Waals surface area contributed by atoms with E-state index in [4.69, 9.17) is 4.74 Å². The number of aliphatic hydroxyl groups excluding tert-OH is 1. The molecule has 2 heterocycles. The highest BCUT2D eigenvalue weighted by Crippen LogP contribution is 2.44. The minimum atomic E-state index is -0.636. The minimum Gasteiger partial charge on any atom is -0.391 e. The van der Waals surface area contributed by atoms with Crippen molar-refractivity contribution in [3.05, 3.63) is 78.0 Å². The van der Waals surface area contributed by atoms with Crippen molar-refractivity contribution in [2.45, 2.75) is 57.0 Å². The molecule has 1 fully saturated rings. The Bertz CT molecular complexity index is 995. The zero-order chi connectivity index (χ0) is 20.5. The van der Waals surface area contributed by atoms with Crippen molar-refractivity contribution in [3.8, 4) is 11.3 Å². The first-order valence-electron chi connectivity index (χ1n) is 10.8. The van der Waals surface area contributed by atoms with Gasteiger partial charge in [-0.3, -0.25) is 0 Å². The normalized spacial score (nSPS) is 23.7. The van der Waals surface area contributed by atoms with Gasteiger partial charge in [-0.15, -0.1) is 0 Å². The van der Waals surface area contributed by atoms with Crippen molar-refractivity contribution in [1.82, 2.24) is 9.55 Å². The van der Waals surface area contributed by atoms with Gasteiger partial charge in [-0.2, -0.15) is 0 Å². The third kappa shape index (κ3) is 3.68. The molecule has 1 N–H and O–H groups in total. The Morgan fingerprint density at radius 3 is 2.67 bits per heavy atom. The fraction of sp³-hybridized carbons (Fsp3) is 0.400. The van der Waals surface area contributed by atoms with Gasteiger partial charge < -0.3 is 14.4 Å². The van der Waals surface area contributed by atoms with Crippen LogP contribution in [0.4, 0.5) is 4.39 Å². The summed E-state index contributed by atoms with van der Waals surface area (Å²) in [6, 6.07) is 15.0. The lowest BCUT2D eigenvalue weighted by molar-refractivity contribution is -0.000738. The fourth-order valence-corrected chi connectivity index (χ4v) is 5.11. The highest BCUT2D eigenvalue weighted by Gasteiger charge is 2.37. The Morgan fingerprint density at radius 2 is 1.87 bits per heavy atom. The molecule has 1 saturated carbocycles. The second kappa shape index (κ2) is 8.32. The lowest BCUT2D eigenvalue weighted by atomic mass is 9.82. The molecule has 2 atom stereocenters. The maximum atomic E-state index is 14.6. The molecule has 0 saturated heterocycles. The summed E-state index contributed by atoms with van der Waals surface area (Å²) in [4.78, 5) is 4.22. The number of hydrogen-bond donors (Lipinski definition) is 1. The number of ether oxygens (including phenoxy) is 1. The number of hydrogen-bond acceptors (Lipinski definition) is 3. The molecule has 1 aromatic heterocycles. The standard InChI is InChI=1S/C25H27FN2O2/c26-21-8-4-7-20-22-14-27-16-28(22)25(24(20)21)23(29)13-17-9-11-19(12-10-17)30-15-18-5-2-1-3-6-18/h1-8,14,16-17,19,23,25,29H,9-13,15H2. The number of aromatic nitrogens is 2. The van der Waals surface area contributed by atoms with Gasteiger partial charge in [-0.25, -0.2) is 9.37 Å². The SMILES string of the molecule is OC(CC1CCC(OCc2ccccc2)CC1)C1c2c(F)cccc2-c2cncn21. The summed E-state index contributed by atoms with van der Waals surface area (Å²) in [5, 5.41) is 11.1. The fourth-order valence-electron chi connectivity index (χ4n) is 5.11. The summed E-state index contributed by atoms with van der Waals surface area (Å²) in [5.41, 5.74) is 3.52. The van der Waals surface area contributed by atoms with Gasteiger partial charge in [0.2, 0.25) is 0 Å². The first kappa shape index (κ1) is 19.5. The van der Waals surface area contributed by atoms with Crippen LogP contribution in [0.25, 0.3) is 11.3 Å². The Kier molecular flexibility index (Phi) is 5.40. The van der Waals surface area contributed by atoms with E-state index in [9.17, 15) is 9.50 Å². The lowest BCUT2D eigenvalue weighted by Crippen LogP contribution is -2.29. The third-order valence-corrected chi connectivity index (χ3v) is 6.65. The summed E-state index contributed by atoms with van der Waals surface area (Å²) in [7, 11) is 0. The van der Waals surface area contributed by atoms with Crippen LogP contribution in [0.1, 0.15) is 49.3 Å². The minimum absolute atomic E-state index is 0.252. The van der Waals surface area contributed by atoms with Gasteiger partial charge >= 0.3 is 0 Å². The average Bonchev–Trinajstić information content (AvgIpc) is 3.36. The molecule has 2 unspecified atom stereocenters. The van der Waals surface area contributed by atoms with E-state index in [0.29, 0.717) is 24.5 Å². The first-order chi connectivity index (χ1) is 14.7. The van der Waals surface area contributed by atoms with Crippen molar-refractivity contribution in [1.29, 1.82) is 0 Å². The molecule has 1 aliphatic heterocycles. The Labute approximate surface area is 176 Å². The second-order valence-electron chi connectivity index (χ2n) is 8.57. The summed E-state index contributed by atoms with van der Waals surface area (Å²) in [6.07, 6.45) is 7.85. The van der Waals surface area contributed by atoms with Crippen LogP contribution in [0, 0.1) is 11.7 Å². The summed E-state index contributed by atoms with van der Waals surface area (Å²) in [5.74, 6) is 0.178. The molecule has 3 aromatic rings. The van der Waals surface area contributed by atoms with Crippen LogP contribution in [0.5, 0.6) is 0 Å². The molecular formula is C25H27FN2O2. The van der Waals surface area contributed by atoms with Crippen LogP contribution in [0.2, 0.25) is 0 Å². The topological polar surface area (TPSA) is 47.3 Å². The maximum absolute atomic E-state index is 14.6.